The zero-order valence-electron chi connectivity index (χ0n) is 10.2. The summed E-state index contributed by atoms with van der Waals surface area (Å²) in [6, 6.07) is 3.06. The molecule has 1 saturated heterocycles. The van der Waals surface area contributed by atoms with Crippen LogP contribution in [0.25, 0.3) is 0 Å². The highest BCUT2D eigenvalue weighted by Gasteiger charge is 2.19. The van der Waals surface area contributed by atoms with Gasteiger partial charge in [0, 0.05) is 5.02 Å². The van der Waals surface area contributed by atoms with Gasteiger partial charge >= 0.3 is 0 Å². The third-order valence-corrected chi connectivity index (χ3v) is 3.64. The van der Waals surface area contributed by atoms with Gasteiger partial charge in [-0.05, 0) is 12.1 Å². The Labute approximate surface area is 126 Å². The molecule has 2 N–H and O–H groups in total. The van der Waals surface area contributed by atoms with E-state index < -0.39 is 0 Å². The summed E-state index contributed by atoms with van der Waals surface area (Å²) in [6.45, 7) is 3.26. The number of quaternary nitrogens is 1. The minimum atomic E-state index is -0.0684. The van der Waals surface area contributed by atoms with E-state index in [1.807, 2.05) is 0 Å². The lowest BCUT2D eigenvalue weighted by Gasteiger charge is -2.25. The van der Waals surface area contributed by atoms with Gasteiger partial charge in [-0.1, -0.05) is 34.8 Å². The summed E-state index contributed by atoms with van der Waals surface area (Å²) in [7, 11) is 0. The zero-order valence-corrected chi connectivity index (χ0v) is 12.4. The van der Waals surface area contributed by atoms with Crippen molar-refractivity contribution in [3.05, 3.63) is 27.2 Å². The number of nitrogens with zero attached hydrogens (tertiary/aromatic N) is 1. The molecule has 7 heteroatoms. The molecular weight excluding hydrogens is 311 g/mol. The Morgan fingerprint density at radius 2 is 1.79 bits per heavy atom. The van der Waals surface area contributed by atoms with Gasteiger partial charge in [-0.25, -0.2) is 0 Å². The van der Waals surface area contributed by atoms with E-state index in [0.29, 0.717) is 20.8 Å². The number of hydrogen-bond acceptors (Lipinski definition) is 2. The van der Waals surface area contributed by atoms with Gasteiger partial charge in [0.2, 0.25) is 0 Å². The van der Waals surface area contributed by atoms with E-state index in [0.717, 1.165) is 26.2 Å². The summed E-state index contributed by atoms with van der Waals surface area (Å²) in [5.41, 5.74) is 0. The first-order valence-electron chi connectivity index (χ1n) is 5.94. The zero-order chi connectivity index (χ0) is 13.8. The Hall–Kier alpha value is -0.680. The number of carbonyl (C=O) groups is 1. The molecule has 0 saturated carbocycles. The molecule has 0 atom stereocenters. The van der Waals surface area contributed by atoms with Crippen LogP contribution in [0.3, 0.4) is 0 Å². The van der Waals surface area contributed by atoms with Crippen molar-refractivity contribution in [1.82, 2.24) is 4.90 Å². The Morgan fingerprint density at radius 3 is 2.37 bits per heavy atom. The third-order valence-electron chi connectivity index (χ3n) is 2.86. The first-order chi connectivity index (χ1) is 9.08. The maximum Gasteiger partial charge on any atom is 0.260 e. The van der Waals surface area contributed by atoms with Crippen LogP contribution in [0.1, 0.15) is 0 Å². The van der Waals surface area contributed by atoms with Gasteiger partial charge in [-0.2, -0.15) is 0 Å². The molecular formula is C12H14Cl3N2O2+. The highest BCUT2D eigenvalue weighted by atomic mass is 35.5. The summed E-state index contributed by atoms with van der Waals surface area (Å²) in [4.78, 5) is 13.7. The Bertz CT molecular complexity index is 453. The van der Waals surface area contributed by atoms with Gasteiger partial charge < -0.3 is 15.0 Å². The fourth-order valence-corrected chi connectivity index (χ4v) is 2.82. The van der Waals surface area contributed by atoms with E-state index in [1.54, 1.807) is 4.90 Å². The monoisotopic (exact) mass is 323 g/mol. The second kappa shape index (κ2) is 6.66. The van der Waals surface area contributed by atoms with E-state index >= 15 is 0 Å². The van der Waals surface area contributed by atoms with E-state index in [-0.39, 0.29) is 12.5 Å². The van der Waals surface area contributed by atoms with Crippen LogP contribution in [-0.4, -0.2) is 43.6 Å². The predicted octanol–water partition coefficient (Wildman–Crippen LogP) is 1.43. The largest absolute Gasteiger partial charge is 0.481 e. The summed E-state index contributed by atoms with van der Waals surface area (Å²) in [5.74, 6) is 0.236. The number of hydrogen-bond donors (Lipinski definition) is 1. The average molecular weight is 325 g/mol. The molecule has 19 heavy (non-hydrogen) atoms. The molecule has 0 aromatic heterocycles. The molecule has 2 rings (SSSR count). The Balaban J connectivity index is 1.96. The van der Waals surface area contributed by atoms with Gasteiger partial charge in [-0.3, -0.25) is 4.79 Å². The quantitative estimate of drug-likeness (QED) is 0.914. The smallest absolute Gasteiger partial charge is 0.260 e. The van der Waals surface area contributed by atoms with Crippen LogP contribution < -0.4 is 10.1 Å². The molecule has 0 bridgehead atoms. The van der Waals surface area contributed by atoms with Crippen LogP contribution in [0.4, 0.5) is 0 Å². The molecule has 0 radical (unpaired) electrons. The van der Waals surface area contributed by atoms with Crippen LogP contribution >= 0.6 is 34.8 Å². The van der Waals surface area contributed by atoms with Crippen LogP contribution in [0.15, 0.2) is 12.1 Å². The van der Waals surface area contributed by atoms with Crippen LogP contribution in [0.2, 0.25) is 15.1 Å². The highest BCUT2D eigenvalue weighted by Crippen LogP contribution is 2.35. The lowest BCUT2D eigenvalue weighted by Crippen LogP contribution is -2.90. The highest BCUT2D eigenvalue weighted by molar-refractivity contribution is 6.40. The van der Waals surface area contributed by atoms with Crippen molar-refractivity contribution in [2.45, 2.75) is 0 Å². The Kier molecular flexibility index (Phi) is 5.16. The van der Waals surface area contributed by atoms with Crippen molar-refractivity contribution in [1.29, 1.82) is 0 Å². The SMILES string of the molecule is O=C(COc1c(Cl)cc(Cl)cc1Cl)N1CC[NH2+]CC1. The van der Waals surface area contributed by atoms with Gasteiger partial charge in [0.1, 0.15) is 0 Å². The third kappa shape index (κ3) is 3.89. The van der Waals surface area contributed by atoms with E-state index in [9.17, 15) is 4.79 Å². The van der Waals surface area contributed by atoms with Crippen LogP contribution in [0, 0.1) is 0 Å². The summed E-state index contributed by atoms with van der Waals surface area (Å²) < 4.78 is 5.41. The van der Waals surface area contributed by atoms with Crippen LogP contribution in [0.5, 0.6) is 5.75 Å². The minimum absolute atomic E-state index is 0.0600. The molecule has 1 aromatic carbocycles. The van der Waals surface area contributed by atoms with E-state index in [2.05, 4.69) is 5.32 Å². The minimum Gasteiger partial charge on any atom is -0.481 e. The number of benzene rings is 1. The normalized spacial score (nSPS) is 15.4. The first kappa shape index (κ1) is 14.7. The molecule has 4 nitrogen and oxygen atoms in total. The van der Waals surface area contributed by atoms with Gasteiger partial charge in [0.05, 0.1) is 36.2 Å². The van der Waals surface area contributed by atoms with Gasteiger partial charge in [0.15, 0.2) is 12.4 Å². The molecule has 104 valence electrons. The van der Waals surface area contributed by atoms with Crippen LogP contribution in [-0.2, 0) is 4.79 Å². The maximum atomic E-state index is 11.9. The number of nitrogens with two attached hydrogens (primary N) is 1. The fourth-order valence-electron chi connectivity index (χ4n) is 1.89. The summed E-state index contributed by atoms with van der Waals surface area (Å²) in [5, 5.41) is 3.21. The second-order valence-corrected chi connectivity index (χ2v) is 5.48. The summed E-state index contributed by atoms with van der Waals surface area (Å²) >= 11 is 17.8. The number of piperazine rings is 1. The number of rotatable bonds is 3. The van der Waals surface area contributed by atoms with Crippen molar-refractivity contribution < 1.29 is 14.8 Å². The lowest BCUT2D eigenvalue weighted by atomic mass is 10.3. The number of carbonyl (C=O) groups excluding carboxylic acids is 1. The van der Waals surface area contributed by atoms with Crippen molar-refractivity contribution in [3.63, 3.8) is 0 Å². The lowest BCUT2D eigenvalue weighted by molar-refractivity contribution is -0.662. The van der Waals surface area contributed by atoms with Crippen molar-refractivity contribution >= 4 is 40.7 Å². The van der Waals surface area contributed by atoms with E-state index in [1.165, 1.54) is 12.1 Å². The number of halogens is 3. The molecule has 1 aliphatic rings. The molecule has 1 amide bonds. The molecule has 1 fully saturated rings. The summed E-state index contributed by atoms with van der Waals surface area (Å²) in [6.07, 6.45) is 0. The topological polar surface area (TPSA) is 46.1 Å². The molecule has 1 aromatic rings. The standard InChI is InChI=1S/C12H13Cl3N2O2/c13-8-5-9(14)12(10(15)6-8)19-7-11(18)17-3-1-16-2-4-17/h5-6,16H,1-4,7H2/p+1. The molecule has 0 spiro atoms. The van der Waals surface area contributed by atoms with Gasteiger partial charge in [0.25, 0.3) is 5.91 Å². The first-order valence-corrected chi connectivity index (χ1v) is 7.08. The van der Waals surface area contributed by atoms with E-state index in [4.69, 9.17) is 39.5 Å². The number of ether oxygens (including phenoxy) is 1. The number of amides is 1. The predicted molar refractivity (Wildman–Crippen MR) is 75.2 cm³/mol. The average Bonchev–Trinajstić information content (AvgIpc) is 2.38. The van der Waals surface area contributed by atoms with Gasteiger partial charge in [-0.15, -0.1) is 0 Å². The molecule has 0 aliphatic carbocycles. The second-order valence-electron chi connectivity index (χ2n) is 4.23. The Morgan fingerprint density at radius 1 is 1.21 bits per heavy atom. The van der Waals surface area contributed by atoms with Crippen molar-refractivity contribution in [2.75, 3.05) is 32.8 Å². The van der Waals surface area contributed by atoms with Crippen molar-refractivity contribution in [3.8, 4) is 5.75 Å². The van der Waals surface area contributed by atoms with Crippen molar-refractivity contribution in [2.24, 2.45) is 0 Å². The molecule has 0 unspecified atom stereocenters. The fraction of sp³-hybridized carbons (Fsp3) is 0.417. The molecule has 1 aliphatic heterocycles. The molecule has 1 heterocycles. The maximum absolute atomic E-state index is 11.9.